The number of fused-ring (bicyclic) bond motifs is 1. The van der Waals surface area contributed by atoms with Crippen LogP contribution in [0.1, 0.15) is 17.5 Å². The first-order valence-electron chi connectivity index (χ1n) is 6.99. The lowest BCUT2D eigenvalue weighted by Crippen LogP contribution is -2.35. The number of rotatable bonds is 2. The van der Waals surface area contributed by atoms with E-state index in [0.717, 1.165) is 36.2 Å². The fraction of sp³-hybridized carbons (Fsp3) is 0.250. The van der Waals surface area contributed by atoms with E-state index in [1.54, 1.807) is 18.2 Å². The highest BCUT2D eigenvalue weighted by atomic mass is 32.2. The van der Waals surface area contributed by atoms with Crippen molar-refractivity contribution in [3.63, 3.8) is 0 Å². The zero-order valence-corrected chi connectivity index (χ0v) is 12.8. The van der Waals surface area contributed by atoms with Crippen molar-refractivity contribution in [2.24, 2.45) is 0 Å². The Labute approximate surface area is 132 Å². The summed E-state index contributed by atoms with van der Waals surface area (Å²) in [5.74, 6) is 0. The van der Waals surface area contributed by atoms with Crippen molar-refractivity contribution in [2.75, 3.05) is 10.8 Å². The molecule has 1 heterocycles. The molecule has 0 N–H and O–H groups in total. The average molecular weight is 340 g/mol. The molecule has 3 nitrogen and oxygen atoms in total. The molecule has 1 radical (unpaired) electrons. The van der Waals surface area contributed by atoms with Crippen LogP contribution in [0.5, 0.6) is 0 Å². The Bertz CT molecular complexity index is 814. The van der Waals surface area contributed by atoms with Crippen LogP contribution in [-0.4, -0.2) is 15.0 Å². The highest BCUT2D eigenvalue weighted by Gasteiger charge is 2.32. The van der Waals surface area contributed by atoms with Gasteiger partial charge in [0.05, 0.1) is 16.1 Å². The Morgan fingerprint density at radius 3 is 2.43 bits per heavy atom. The van der Waals surface area contributed by atoms with Crippen LogP contribution < -0.4 is 4.31 Å². The fourth-order valence-corrected chi connectivity index (χ4v) is 4.17. The molecule has 0 amide bonds. The summed E-state index contributed by atoms with van der Waals surface area (Å²) in [6, 6.07) is 11.5. The van der Waals surface area contributed by atoms with Crippen LogP contribution >= 0.6 is 0 Å². The highest BCUT2D eigenvalue weighted by Crippen LogP contribution is 2.33. The third kappa shape index (κ3) is 2.93. The smallest absolute Gasteiger partial charge is 0.266 e. The predicted molar refractivity (Wildman–Crippen MR) is 79.6 cm³/mol. The molecule has 121 valence electrons. The largest absolute Gasteiger partial charge is 0.416 e. The van der Waals surface area contributed by atoms with Crippen LogP contribution in [0.2, 0.25) is 0 Å². The molecule has 0 atom stereocenters. The van der Waals surface area contributed by atoms with Gasteiger partial charge in [-0.1, -0.05) is 6.07 Å². The van der Waals surface area contributed by atoms with Crippen LogP contribution in [-0.2, 0) is 22.6 Å². The highest BCUT2D eigenvalue weighted by molar-refractivity contribution is 7.92. The molecular formula is C16H13F3NO2S. The number of aryl methyl sites for hydroxylation is 1. The van der Waals surface area contributed by atoms with Crippen molar-refractivity contribution in [2.45, 2.75) is 23.9 Å². The molecule has 0 aromatic heterocycles. The van der Waals surface area contributed by atoms with Crippen LogP contribution in [0, 0.1) is 6.07 Å². The molecule has 0 spiro atoms. The van der Waals surface area contributed by atoms with Gasteiger partial charge in [-0.3, -0.25) is 4.31 Å². The Hall–Kier alpha value is -2.02. The van der Waals surface area contributed by atoms with Gasteiger partial charge in [0.15, 0.2) is 0 Å². The summed E-state index contributed by atoms with van der Waals surface area (Å²) >= 11 is 0. The number of alkyl halides is 3. The lowest BCUT2D eigenvalue weighted by atomic mass is 10.0. The molecule has 1 aliphatic rings. The Kier molecular flexibility index (Phi) is 3.83. The minimum atomic E-state index is -4.49. The molecule has 0 saturated heterocycles. The van der Waals surface area contributed by atoms with E-state index in [1.807, 2.05) is 0 Å². The molecule has 23 heavy (non-hydrogen) atoms. The van der Waals surface area contributed by atoms with E-state index < -0.39 is 21.8 Å². The van der Waals surface area contributed by atoms with Crippen molar-refractivity contribution in [1.29, 1.82) is 0 Å². The molecule has 0 fully saturated rings. The van der Waals surface area contributed by atoms with Gasteiger partial charge in [-0.15, -0.1) is 0 Å². The Morgan fingerprint density at radius 2 is 1.78 bits per heavy atom. The Balaban J connectivity index is 2.00. The van der Waals surface area contributed by atoms with Crippen LogP contribution in [0.25, 0.3) is 0 Å². The average Bonchev–Trinajstić information content (AvgIpc) is 2.53. The summed E-state index contributed by atoms with van der Waals surface area (Å²) in [5.41, 5.74) is 0.564. The van der Waals surface area contributed by atoms with E-state index in [2.05, 4.69) is 6.07 Å². The SMILES string of the molecule is O=S(=O)(c1ccc(C(F)(F)F)cc1)N1CCCc2c[c]ccc21. The van der Waals surface area contributed by atoms with Gasteiger partial charge in [-0.2, -0.15) is 13.2 Å². The van der Waals surface area contributed by atoms with Crippen molar-refractivity contribution in [1.82, 2.24) is 0 Å². The summed E-state index contributed by atoms with van der Waals surface area (Å²) in [7, 11) is -3.89. The first kappa shape index (κ1) is 15.9. The zero-order valence-electron chi connectivity index (χ0n) is 12.0. The van der Waals surface area contributed by atoms with Crippen molar-refractivity contribution < 1.29 is 21.6 Å². The quantitative estimate of drug-likeness (QED) is 0.837. The molecule has 0 unspecified atom stereocenters. The lowest BCUT2D eigenvalue weighted by Gasteiger charge is -2.30. The number of sulfonamides is 1. The third-order valence-corrected chi connectivity index (χ3v) is 5.60. The second-order valence-electron chi connectivity index (χ2n) is 5.26. The second-order valence-corrected chi connectivity index (χ2v) is 7.12. The van der Waals surface area contributed by atoms with Crippen LogP contribution in [0.4, 0.5) is 18.9 Å². The van der Waals surface area contributed by atoms with Gasteiger partial charge in [0, 0.05) is 6.54 Å². The molecular weight excluding hydrogens is 327 g/mol. The van der Waals surface area contributed by atoms with Gasteiger partial charge >= 0.3 is 6.18 Å². The topological polar surface area (TPSA) is 37.4 Å². The number of nitrogens with zero attached hydrogens (tertiary/aromatic N) is 1. The summed E-state index contributed by atoms with van der Waals surface area (Å²) in [6.07, 6.45) is -3.08. The van der Waals surface area contributed by atoms with Crippen molar-refractivity contribution >= 4 is 15.7 Å². The molecule has 0 bridgehead atoms. The fourth-order valence-electron chi connectivity index (χ4n) is 2.63. The van der Waals surface area contributed by atoms with Gasteiger partial charge in [-0.25, -0.2) is 8.42 Å². The molecule has 0 aliphatic carbocycles. The van der Waals surface area contributed by atoms with E-state index in [0.29, 0.717) is 18.7 Å². The minimum absolute atomic E-state index is 0.147. The maximum atomic E-state index is 12.7. The third-order valence-electron chi connectivity index (χ3n) is 3.77. The molecule has 7 heteroatoms. The summed E-state index contributed by atoms with van der Waals surface area (Å²) in [6.45, 7) is 0.306. The normalized spacial score (nSPS) is 15.3. The summed E-state index contributed by atoms with van der Waals surface area (Å²) < 4.78 is 64.6. The monoisotopic (exact) mass is 340 g/mol. The maximum Gasteiger partial charge on any atom is 0.416 e. The minimum Gasteiger partial charge on any atom is -0.266 e. The number of benzene rings is 2. The molecule has 3 rings (SSSR count). The van der Waals surface area contributed by atoms with E-state index in [1.165, 1.54) is 4.31 Å². The first-order chi connectivity index (χ1) is 10.8. The summed E-state index contributed by atoms with van der Waals surface area (Å²) in [4.78, 5) is -0.147. The van der Waals surface area contributed by atoms with Gasteiger partial charge in [0.25, 0.3) is 10.0 Å². The number of halogens is 3. The second kappa shape index (κ2) is 5.56. The van der Waals surface area contributed by atoms with Crippen molar-refractivity contribution in [3.8, 4) is 0 Å². The van der Waals surface area contributed by atoms with Gasteiger partial charge in [0.2, 0.25) is 0 Å². The molecule has 1 aliphatic heterocycles. The molecule has 0 saturated carbocycles. The van der Waals surface area contributed by atoms with Gasteiger partial charge in [-0.05, 0) is 60.9 Å². The van der Waals surface area contributed by atoms with Crippen molar-refractivity contribution in [3.05, 3.63) is 59.7 Å². The molecule has 2 aromatic rings. The van der Waals surface area contributed by atoms with Gasteiger partial charge < -0.3 is 0 Å². The zero-order chi connectivity index (χ0) is 16.7. The number of hydrogen-bond donors (Lipinski definition) is 0. The van der Waals surface area contributed by atoms with E-state index >= 15 is 0 Å². The Morgan fingerprint density at radius 1 is 1.09 bits per heavy atom. The van der Waals surface area contributed by atoms with Crippen LogP contribution in [0.15, 0.2) is 47.4 Å². The van der Waals surface area contributed by atoms with Gasteiger partial charge in [0.1, 0.15) is 0 Å². The number of hydrogen-bond acceptors (Lipinski definition) is 2. The van der Waals surface area contributed by atoms with E-state index in [9.17, 15) is 21.6 Å². The maximum absolute atomic E-state index is 12.7. The number of anilines is 1. The van der Waals surface area contributed by atoms with Crippen LogP contribution in [0.3, 0.4) is 0 Å². The lowest BCUT2D eigenvalue weighted by molar-refractivity contribution is -0.137. The standard InChI is InChI=1S/C16H13F3NO2S/c17-16(18,19)13-7-9-14(10-8-13)23(21,22)20-11-3-5-12-4-1-2-6-15(12)20/h2,4,6-10H,3,5,11H2. The van der Waals surface area contributed by atoms with E-state index in [-0.39, 0.29) is 4.90 Å². The first-order valence-corrected chi connectivity index (χ1v) is 8.43. The molecule has 2 aromatic carbocycles. The van der Waals surface area contributed by atoms with E-state index in [4.69, 9.17) is 0 Å². The summed E-state index contributed by atoms with van der Waals surface area (Å²) in [5, 5.41) is 0. The predicted octanol–water partition coefficient (Wildman–Crippen LogP) is 3.65.